The van der Waals surface area contributed by atoms with Gasteiger partial charge in [-0.05, 0) is 56.3 Å². The fraction of sp³-hybridized carbons (Fsp3) is 0.286. The van der Waals surface area contributed by atoms with Gasteiger partial charge < -0.3 is 5.32 Å². The first-order chi connectivity index (χ1) is 8.52. The van der Waals surface area contributed by atoms with E-state index in [1.807, 2.05) is 25.2 Å². The first-order valence-corrected chi connectivity index (χ1v) is 7.29. The van der Waals surface area contributed by atoms with Crippen LogP contribution in [0, 0.1) is 13.8 Å². The molecule has 4 heteroatoms. The van der Waals surface area contributed by atoms with Crippen molar-refractivity contribution in [3.8, 4) is 0 Å². The average Bonchev–Trinajstić information content (AvgIpc) is 2.64. The van der Waals surface area contributed by atoms with Gasteiger partial charge in [-0.25, -0.2) is 0 Å². The lowest BCUT2D eigenvalue weighted by molar-refractivity contribution is 0.691. The number of benzene rings is 1. The molecule has 2 rings (SSSR count). The molecule has 0 aliphatic rings. The molecule has 0 amide bonds. The third-order valence-electron chi connectivity index (χ3n) is 2.95. The molecule has 0 radical (unpaired) electrons. The first-order valence-electron chi connectivity index (χ1n) is 5.72. The lowest BCUT2D eigenvalue weighted by Crippen LogP contribution is -2.18. The second-order valence-electron chi connectivity index (χ2n) is 4.26. The Morgan fingerprint density at radius 3 is 2.39 bits per heavy atom. The molecule has 18 heavy (non-hydrogen) atoms. The van der Waals surface area contributed by atoms with Crippen LogP contribution >= 0.6 is 34.5 Å². The van der Waals surface area contributed by atoms with E-state index >= 15 is 0 Å². The van der Waals surface area contributed by atoms with E-state index in [-0.39, 0.29) is 6.04 Å². The van der Waals surface area contributed by atoms with Crippen molar-refractivity contribution < 1.29 is 0 Å². The first kappa shape index (κ1) is 13.9. The van der Waals surface area contributed by atoms with Crippen LogP contribution in [0.5, 0.6) is 0 Å². The average molecular weight is 300 g/mol. The van der Waals surface area contributed by atoms with Crippen molar-refractivity contribution in [2.45, 2.75) is 19.9 Å². The van der Waals surface area contributed by atoms with Crippen LogP contribution in [0.2, 0.25) is 10.0 Å². The van der Waals surface area contributed by atoms with E-state index in [4.69, 9.17) is 23.2 Å². The molecular formula is C14H15Cl2NS. The summed E-state index contributed by atoms with van der Waals surface area (Å²) in [5, 5.41) is 4.77. The monoisotopic (exact) mass is 299 g/mol. The number of aryl methyl sites for hydroxylation is 2. The Morgan fingerprint density at radius 2 is 1.83 bits per heavy atom. The quantitative estimate of drug-likeness (QED) is 0.843. The van der Waals surface area contributed by atoms with Gasteiger partial charge >= 0.3 is 0 Å². The molecule has 0 spiro atoms. The van der Waals surface area contributed by atoms with Crippen LogP contribution in [0.1, 0.15) is 26.9 Å². The summed E-state index contributed by atoms with van der Waals surface area (Å²) < 4.78 is 0. The minimum Gasteiger partial charge on any atom is -0.309 e. The molecule has 1 aromatic carbocycles. The predicted octanol–water partition coefficient (Wildman–Crippen LogP) is 4.98. The number of nitrogens with one attached hydrogen (secondary N) is 1. The highest BCUT2D eigenvalue weighted by molar-refractivity contribution is 7.12. The van der Waals surface area contributed by atoms with Gasteiger partial charge in [0.25, 0.3) is 0 Å². The van der Waals surface area contributed by atoms with Gasteiger partial charge in [0.05, 0.1) is 6.04 Å². The topological polar surface area (TPSA) is 12.0 Å². The summed E-state index contributed by atoms with van der Waals surface area (Å²) >= 11 is 14.2. The summed E-state index contributed by atoms with van der Waals surface area (Å²) in [5.41, 5.74) is 2.29. The second kappa shape index (κ2) is 5.62. The van der Waals surface area contributed by atoms with Gasteiger partial charge in [0.15, 0.2) is 0 Å². The maximum absolute atomic E-state index is 6.28. The fourth-order valence-electron chi connectivity index (χ4n) is 2.15. The zero-order chi connectivity index (χ0) is 13.3. The van der Waals surface area contributed by atoms with Crippen molar-refractivity contribution in [3.05, 3.63) is 55.2 Å². The van der Waals surface area contributed by atoms with E-state index in [9.17, 15) is 0 Å². The maximum Gasteiger partial charge on any atom is 0.0600 e. The normalized spacial score (nSPS) is 12.7. The van der Waals surface area contributed by atoms with Crippen molar-refractivity contribution in [3.63, 3.8) is 0 Å². The third kappa shape index (κ3) is 2.72. The van der Waals surface area contributed by atoms with Gasteiger partial charge in [-0.3, -0.25) is 0 Å². The van der Waals surface area contributed by atoms with E-state index in [1.165, 1.54) is 15.3 Å². The highest BCUT2D eigenvalue weighted by atomic mass is 35.5. The molecule has 1 aromatic heterocycles. The summed E-state index contributed by atoms with van der Waals surface area (Å²) in [7, 11) is 1.94. The van der Waals surface area contributed by atoms with Crippen molar-refractivity contribution in [1.82, 2.24) is 5.32 Å². The van der Waals surface area contributed by atoms with Crippen molar-refractivity contribution in [1.29, 1.82) is 0 Å². The summed E-state index contributed by atoms with van der Waals surface area (Å²) in [4.78, 5) is 2.61. The molecule has 0 aliphatic carbocycles. The number of halogens is 2. The Bertz CT molecular complexity index is 563. The van der Waals surface area contributed by atoms with Gasteiger partial charge in [-0.1, -0.05) is 23.2 Å². The largest absolute Gasteiger partial charge is 0.309 e. The fourth-order valence-corrected chi connectivity index (χ4v) is 3.52. The molecule has 0 fully saturated rings. The lowest BCUT2D eigenvalue weighted by atomic mass is 9.99. The Balaban J connectivity index is 2.51. The molecule has 2 aromatic rings. The number of rotatable bonds is 3. The van der Waals surface area contributed by atoms with Gasteiger partial charge in [0, 0.05) is 19.8 Å². The van der Waals surface area contributed by atoms with E-state index in [2.05, 4.69) is 25.2 Å². The summed E-state index contributed by atoms with van der Waals surface area (Å²) in [6.07, 6.45) is 0. The molecule has 96 valence electrons. The molecule has 0 saturated heterocycles. The Morgan fingerprint density at radius 1 is 1.11 bits per heavy atom. The molecule has 0 saturated carbocycles. The lowest BCUT2D eigenvalue weighted by Gasteiger charge is -2.18. The van der Waals surface area contributed by atoms with E-state index in [1.54, 1.807) is 11.3 Å². The smallest absolute Gasteiger partial charge is 0.0600 e. The Labute approximate surface area is 122 Å². The highest BCUT2D eigenvalue weighted by Crippen LogP contribution is 2.34. The molecule has 1 nitrogen and oxygen atoms in total. The van der Waals surface area contributed by atoms with Crippen molar-refractivity contribution in [2.24, 2.45) is 0 Å². The number of thiophene rings is 1. The summed E-state index contributed by atoms with van der Waals surface area (Å²) in [6.45, 7) is 4.25. The minimum absolute atomic E-state index is 0.0844. The highest BCUT2D eigenvalue weighted by Gasteiger charge is 2.19. The Kier molecular flexibility index (Phi) is 4.33. The van der Waals surface area contributed by atoms with Gasteiger partial charge in [-0.2, -0.15) is 0 Å². The van der Waals surface area contributed by atoms with Gasteiger partial charge in [0.2, 0.25) is 0 Å². The molecule has 1 atom stereocenters. The number of hydrogen-bond donors (Lipinski definition) is 1. The van der Waals surface area contributed by atoms with Crippen LogP contribution < -0.4 is 5.32 Å². The number of hydrogen-bond acceptors (Lipinski definition) is 2. The van der Waals surface area contributed by atoms with Crippen LogP contribution in [0.25, 0.3) is 0 Å². The second-order valence-corrected chi connectivity index (χ2v) is 6.56. The third-order valence-corrected chi connectivity index (χ3v) is 4.51. The van der Waals surface area contributed by atoms with Gasteiger partial charge in [0.1, 0.15) is 0 Å². The van der Waals surface area contributed by atoms with Crippen molar-refractivity contribution in [2.75, 3.05) is 7.05 Å². The van der Waals surface area contributed by atoms with Crippen LogP contribution in [-0.2, 0) is 0 Å². The van der Waals surface area contributed by atoms with E-state index in [0.717, 1.165) is 10.6 Å². The standard InChI is InChI=1S/C14H15Cl2NS/c1-8-6-11(9(2)18-8)14(17-3)12-7-10(15)4-5-13(12)16/h4-7,14,17H,1-3H3. The summed E-state index contributed by atoms with van der Waals surface area (Å²) in [6, 6.07) is 7.88. The maximum atomic E-state index is 6.28. The molecule has 1 unspecified atom stereocenters. The van der Waals surface area contributed by atoms with Crippen molar-refractivity contribution >= 4 is 34.5 Å². The predicted molar refractivity (Wildman–Crippen MR) is 81.2 cm³/mol. The molecule has 1 heterocycles. The zero-order valence-corrected chi connectivity index (χ0v) is 12.9. The minimum atomic E-state index is 0.0844. The molecule has 0 bridgehead atoms. The van der Waals surface area contributed by atoms with Crippen LogP contribution in [0.3, 0.4) is 0 Å². The van der Waals surface area contributed by atoms with Crippen LogP contribution in [0.4, 0.5) is 0 Å². The summed E-state index contributed by atoms with van der Waals surface area (Å²) in [5.74, 6) is 0. The molecular weight excluding hydrogens is 285 g/mol. The zero-order valence-electron chi connectivity index (χ0n) is 10.6. The SMILES string of the molecule is CNC(c1cc(Cl)ccc1Cl)c1cc(C)sc1C. The Hall–Kier alpha value is -0.540. The van der Waals surface area contributed by atoms with Crippen LogP contribution in [0.15, 0.2) is 24.3 Å². The van der Waals surface area contributed by atoms with Crippen LogP contribution in [-0.4, -0.2) is 7.05 Å². The van der Waals surface area contributed by atoms with Gasteiger partial charge in [-0.15, -0.1) is 11.3 Å². The van der Waals surface area contributed by atoms with E-state index < -0.39 is 0 Å². The molecule has 0 aliphatic heterocycles. The molecule has 1 N–H and O–H groups in total. The van der Waals surface area contributed by atoms with E-state index in [0.29, 0.717) is 5.02 Å².